The van der Waals surface area contributed by atoms with Crippen LogP contribution in [0.1, 0.15) is 5.56 Å². The third-order valence-corrected chi connectivity index (χ3v) is 4.60. The summed E-state index contributed by atoms with van der Waals surface area (Å²) in [6.07, 6.45) is 5.74. The summed E-state index contributed by atoms with van der Waals surface area (Å²) in [5, 5.41) is 0. The summed E-state index contributed by atoms with van der Waals surface area (Å²) in [6, 6.07) is 15.3. The Kier molecular flexibility index (Phi) is 4.78. The molecular weight excluding hydrogens is 320 g/mol. The number of amides is 1. The topological polar surface area (TPSA) is 43.6 Å². The number of thiazole rings is 1. The molecule has 0 aliphatic carbocycles. The van der Waals surface area contributed by atoms with E-state index in [1.165, 1.54) is 11.3 Å². The van der Waals surface area contributed by atoms with Crippen LogP contribution in [0, 0.1) is 12.3 Å². The smallest absolute Gasteiger partial charge is 0.252 e. The highest BCUT2D eigenvalue weighted by Gasteiger charge is 2.09. The van der Waals surface area contributed by atoms with E-state index < -0.39 is 0 Å². The van der Waals surface area contributed by atoms with Crippen molar-refractivity contribution in [2.24, 2.45) is 4.99 Å². The van der Waals surface area contributed by atoms with Gasteiger partial charge in [-0.1, -0.05) is 47.6 Å². The molecule has 1 heterocycles. The van der Waals surface area contributed by atoms with Gasteiger partial charge in [-0.05, 0) is 23.8 Å². The van der Waals surface area contributed by atoms with E-state index in [0.717, 1.165) is 21.5 Å². The number of methoxy groups -OCH3 is 1. The van der Waals surface area contributed by atoms with Crippen LogP contribution in [0.15, 0.2) is 53.5 Å². The van der Waals surface area contributed by atoms with Gasteiger partial charge in [0.1, 0.15) is 5.75 Å². The zero-order valence-electron chi connectivity index (χ0n) is 13.2. The molecule has 24 heavy (non-hydrogen) atoms. The maximum Gasteiger partial charge on any atom is 0.252 e. The Morgan fingerprint density at radius 1 is 1.29 bits per heavy atom. The van der Waals surface area contributed by atoms with Crippen molar-refractivity contribution in [2.45, 2.75) is 13.0 Å². The van der Waals surface area contributed by atoms with Crippen molar-refractivity contribution in [3.05, 3.63) is 58.9 Å². The highest BCUT2D eigenvalue weighted by Crippen LogP contribution is 2.23. The molecule has 0 aliphatic heterocycles. The number of nitrogens with zero attached hydrogens (tertiary/aromatic N) is 2. The third-order valence-electron chi connectivity index (χ3n) is 3.56. The van der Waals surface area contributed by atoms with Gasteiger partial charge >= 0.3 is 0 Å². The molecule has 3 aromatic rings. The van der Waals surface area contributed by atoms with Gasteiger partial charge in [-0.25, -0.2) is 0 Å². The van der Waals surface area contributed by atoms with E-state index in [1.54, 1.807) is 7.11 Å². The molecule has 0 saturated heterocycles. The van der Waals surface area contributed by atoms with Crippen LogP contribution in [0.3, 0.4) is 0 Å². The molecule has 120 valence electrons. The van der Waals surface area contributed by atoms with Gasteiger partial charge in [0.05, 0.1) is 30.3 Å². The average molecular weight is 336 g/mol. The third kappa shape index (κ3) is 3.39. The molecule has 0 saturated carbocycles. The van der Waals surface area contributed by atoms with E-state index in [0.29, 0.717) is 11.3 Å². The fourth-order valence-corrected chi connectivity index (χ4v) is 3.50. The Bertz CT molecular complexity index is 978. The van der Waals surface area contributed by atoms with Crippen LogP contribution in [0.5, 0.6) is 5.75 Å². The molecule has 0 aliphatic rings. The lowest BCUT2D eigenvalue weighted by Gasteiger charge is -2.01. The summed E-state index contributed by atoms with van der Waals surface area (Å²) in [4.78, 5) is 17.2. The molecule has 5 heteroatoms. The molecule has 3 rings (SSSR count). The van der Waals surface area contributed by atoms with Gasteiger partial charge in [-0.2, -0.15) is 4.99 Å². The maximum absolute atomic E-state index is 12.3. The second kappa shape index (κ2) is 7.16. The van der Waals surface area contributed by atoms with Gasteiger partial charge in [0.25, 0.3) is 5.91 Å². The summed E-state index contributed by atoms with van der Waals surface area (Å²) >= 11 is 1.43. The predicted molar refractivity (Wildman–Crippen MR) is 95.9 cm³/mol. The lowest BCUT2D eigenvalue weighted by Crippen LogP contribution is -2.17. The molecule has 0 unspecified atom stereocenters. The monoisotopic (exact) mass is 336 g/mol. The number of ether oxygens (including phenoxy) is 1. The minimum absolute atomic E-state index is 0.189. The zero-order chi connectivity index (χ0) is 16.9. The minimum atomic E-state index is -0.189. The van der Waals surface area contributed by atoms with Crippen molar-refractivity contribution in [1.82, 2.24) is 4.57 Å². The number of terminal acetylenes is 1. The van der Waals surface area contributed by atoms with Crippen molar-refractivity contribution in [1.29, 1.82) is 0 Å². The highest BCUT2D eigenvalue weighted by molar-refractivity contribution is 7.16. The number of carbonyl (C=O) groups excluding carboxylic acids is 1. The van der Waals surface area contributed by atoms with Gasteiger partial charge in [0, 0.05) is 0 Å². The van der Waals surface area contributed by atoms with Crippen molar-refractivity contribution < 1.29 is 9.53 Å². The Morgan fingerprint density at radius 2 is 2.08 bits per heavy atom. The number of aromatic nitrogens is 1. The van der Waals surface area contributed by atoms with Gasteiger partial charge in [0.2, 0.25) is 0 Å². The molecule has 0 bridgehead atoms. The second-order valence-electron chi connectivity index (χ2n) is 5.18. The summed E-state index contributed by atoms with van der Waals surface area (Å²) in [7, 11) is 1.62. The lowest BCUT2D eigenvalue weighted by atomic mass is 10.1. The maximum atomic E-state index is 12.3. The van der Waals surface area contributed by atoms with Crippen LogP contribution in [0.4, 0.5) is 0 Å². The molecule has 4 nitrogen and oxygen atoms in total. The van der Waals surface area contributed by atoms with Crippen molar-refractivity contribution in [3.8, 4) is 18.1 Å². The Morgan fingerprint density at radius 3 is 2.79 bits per heavy atom. The number of carbonyl (C=O) groups is 1. The normalized spacial score (nSPS) is 11.4. The fraction of sp³-hybridized carbons (Fsp3) is 0.158. The van der Waals surface area contributed by atoms with Crippen LogP contribution in [0.25, 0.3) is 10.2 Å². The molecule has 1 aromatic heterocycles. The summed E-state index contributed by atoms with van der Waals surface area (Å²) in [5.74, 6) is 3.19. The first-order valence-corrected chi connectivity index (χ1v) is 8.25. The SMILES string of the molecule is C#CCn1c(=NC(=O)Cc2ccccc2)sc2cc(OC)ccc21. The highest BCUT2D eigenvalue weighted by atomic mass is 32.1. The van der Waals surface area contributed by atoms with Crippen molar-refractivity contribution in [3.63, 3.8) is 0 Å². The van der Waals surface area contributed by atoms with E-state index in [9.17, 15) is 4.79 Å². The summed E-state index contributed by atoms with van der Waals surface area (Å²) in [5.41, 5.74) is 1.89. The largest absolute Gasteiger partial charge is 0.497 e. The van der Waals surface area contributed by atoms with Gasteiger partial charge in [-0.3, -0.25) is 4.79 Å². The Balaban J connectivity index is 2.02. The number of rotatable bonds is 4. The zero-order valence-corrected chi connectivity index (χ0v) is 14.0. The first-order valence-electron chi connectivity index (χ1n) is 7.43. The standard InChI is InChI=1S/C19H16N2O2S/c1-3-11-21-16-10-9-15(23-2)13-17(16)24-19(21)20-18(22)12-14-7-5-4-6-8-14/h1,4-10,13H,11-12H2,2H3. The van der Waals surface area contributed by atoms with Crippen LogP contribution in [0.2, 0.25) is 0 Å². The van der Waals surface area contributed by atoms with E-state index >= 15 is 0 Å². The van der Waals surface area contributed by atoms with Gasteiger partial charge < -0.3 is 9.30 Å². The van der Waals surface area contributed by atoms with E-state index in [2.05, 4.69) is 10.9 Å². The number of benzene rings is 2. The molecule has 0 N–H and O–H groups in total. The number of fused-ring (bicyclic) bond motifs is 1. The van der Waals surface area contributed by atoms with Crippen molar-refractivity contribution in [2.75, 3.05) is 7.11 Å². The lowest BCUT2D eigenvalue weighted by molar-refractivity contribution is -0.117. The van der Waals surface area contributed by atoms with Crippen LogP contribution in [-0.2, 0) is 17.8 Å². The molecule has 2 aromatic carbocycles. The molecule has 1 amide bonds. The molecule has 0 spiro atoms. The van der Waals surface area contributed by atoms with Crippen LogP contribution >= 0.6 is 11.3 Å². The quantitative estimate of drug-likeness (QED) is 0.688. The predicted octanol–water partition coefficient (Wildman–Crippen LogP) is 3.01. The first kappa shape index (κ1) is 16.0. The van der Waals surface area contributed by atoms with E-state index in [4.69, 9.17) is 11.2 Å². The summed E-state index contributed by atoms with van der Waals surface area (Å²) in [6.45, 7) is 0.365. The molecular formula is C19H16N2O2S. The molecule has 0 atom stereocenters. The summed E-state index contributed by atoms with van der Waals surface area (Å²) < 4.78 is 8.11. The van der Waals surface area contributed by atoms with Gasteiger partial charge in [0.15, 0.2) is 4.80 Å². The van der Waals surface area contributed by atoms with Crippen molar-refractivity contribution >= 4 is 27.5 Å². The second-order valence-corrected chi connectivity index (χ2v) is 6.19. The van der Waals surface area contributed by atoms with E-state index in [1.807, 2.05) is 53.1 Å². The van der Waals surface area contributed by atoms with Gasteiger partial charge in [-0.15, -0.1) is 6.42 Å². The Labute approximate surface area is 144 Å². The minimum Gasteiger partial charge on any atom is -0.497 e. The average Bonchev–Trinajstić information content (AvgIpc) is 2.92. The molecule has 0 radical (unpaired) electrons. The fourth-order valence-electron chi connectivity index (χ4n) is 2.43. The van der Waals surface area contributed by atoms with E-state index in [-0.39, 0.29) is 12.3 Å². The number of hydrogen-bond donors (Lipinski definition) is 0. The van der Waals surface area contributed by atoms with Crippen LogP contribution < -0.4 is 9.54 Å². The molecule has 0 fully saturated rings. The first-order chi connectivity index (χ1) is 11.7. The van der Waals surface area contributed by atoms with Crippen LogP contribution in [-0.4, -0.2) is 17.6 Å². The Hall–Kier alpha value is -2.84. The number of hydrogen-bond acceptors (Lipinski definition) is 3.